The molecule has 1 unspecified atom stereocenters. The molecule has 1 aromatic carbocycles. The van der Waals surface area contributed by atoms with Crippen molar-refractivity contribution < 1.29 is 4.74 Å². The largest absolute Gasteiger partial charge is 0.471 e. The van der Waals surface area contributed by atoms with Crippen LogP contribution in [0, 0.1) is 14.9 Å². The number of rotatable bonds is 6. The Bertz CT molecular complexity index is 1000. The maximum atomic E-state index is 9.26. The van der Waals surface area contributed by atoms with Crippen LogP contribution in [0.2, 0.25) is 0 Å². The first-order valence-electron chi connectivity index (χ1n) is 8.36. The standard InChI is InChI=1S/C19H19IN6O/c1-12(11-26(2)3)27-19-16(8-21)22-10-18(25-19)24-17-7-13-5-4-6-15(20)14(13)9-23-17/h4-7,9-10,12H,11H2,1-3H3,(H,23,24,25). The van der Waals surface area contributed by atoms with Crippen molar-refractivity contribution in [2.45, 2.75) is 13.0 Å². The Hall–Kier alpha value is -2.51. The van der Waals surface area contributed by atoms with Crippen LogP contribution in [0.15, 0.2) is 36.7 Å². The third-order valence-electron chi connectivity index (χ3n) is 3.75. The molecule has 0 amide bonds. The molecule has 7 nitrogen and oxygen atoms in total. The zero-order chi connectivity index (χ0) is 19.4. The third kappa shape index (κ3) is 4.81. The van der Waals surface area contributed by atoms with Gasteiger partial charge in [-0.1, -0.05) is 12.1 Å². The fraction of sp³-hybridized carbons (Fsp3) is 0.263. The molecular formula is C19H19IN6O. The van der Waals surface area contributed by atoms with Crippen LogP contribution in [0.1, 0.15) is 12.6 Å². The molecule has 0 aliphatic heterocycles. The number of likely N-dealkylation sites (N-methyl/N-ethyl adjacent to an activating group) is 1. The number of ether oxygens (including phenoxy) is 1. The summed E-state index contributed by atoms with van der Waals surface area (Å²) in [7, 11) is 3.92. The Labute approximate surface area is 171 Å². The van der Waals surface area contributed by atoms with Gasteiger partial charge in [-0.15, -0.1) is 0 Å². The van der Waals surface area contributed by atoms with E-state index in [-0.39, 0.29) is 17.7 Å². The van der Waals surface area contributed by atoms with E-state index >= 15 is 0 Å². The van der Waals surface area contributed by atoms with Crippen LogP contribution < -0.4 is 10.1 Å². The summed E-state index contributed by atoms with van der Waals surface area (Å²) in [6.07, 6.45) is 3.20. The van der Waals surface area contributed by atoms with E-state index in [4.69, 9.17) is 4.74 Å². The van der Waals surface area contributed by atoms with Gasteiger partial charge in [0, 0.05) is 21.7 Å². The van der Waals surface area contributed by atoms with Gasteiger partial charge < -0.3 is 15.0 Å². The van der Waals surface area contributed by atoms with Gasteiger partial charge in [-0.25, -0.2) is 9.97 Å². The van der Waals surface area contributed by atoms with Crippen LogP contribution in [-0.2, 0) is 0 Å². The zero-order valence-corrected chi connectivity index (χ0v) is 17.4. The number of hydrogen-bond donors (Lipinski definition) is 1. The van der Waals surface area contributed by atoms with Crippen molar-refractivity contribution in [3.63, 3.8) is 0 Å². The van der Waals surface area contributed by atoms with E-state index in [1.807, 2.05) is 62.5 Å². The van der Waals surface area contributed by atoms with Gasteiger partial charge in [-0.2, -0.15) is 10.2 Å². The molecule has 0 saturated heterocycles. The molecular weight excluding hydrogens is 455 g/mol. The lowest BCUT2D eigenvalue weighted by Gasteiger charge is -2.18. The summed E-state index contributed by atoms with van der Waals surface area (Å²) in [5.74, 6) is 1.33. The van der Waals surface area contributed by atoms with Gasteiger partial charge in [-0.05, 0) is 61.1 Å². The zero-order valence-electron chi connectivity index (χ0n) is 15.3. The second-order valence-electron chi connectivity index (χ2n) is 6.37. The van der Waals surface area contributed by atoms with Gasteiger partial charge in [0.1, 0.15) is 18.0 Å². The Balaban J connectivity index is 1.85. The number of anilines is 2. The lowest BCUT2D eigenvalue weighted by Crippen LogP contribution is -2.28. The number of benzene rings is 1. The number of hydrogen-bond acceptors (Lipinski definition) is 7. The smallest absolute Gasteiger partial charge is 0.253 e. The summed E-state index contributed by atoms with van der Waals surface area (Å²) >= 11 is 2.29. The summed E-state index contributed by atoms with van der Waals surface area (Å²) < 4.78 is 6.96. The normalized spacial score (nSPS) is 12.0. The molecule has 2 heterocycles. The summed E-state index contributed by atoms with van der Waals surface area (Å²) in [6, 6.07) is 10.1. The summed E-state index contributed by atoms with van der Waals surface area (Å²) in [6.45, 7) is 2.63. The summed E-state index contributed by atoms with van der Waals surface area (Å²) in [4.78, 5) is 15.0. The summed E-state index contributed by atoms with van der Waals surface area (Å²) in [5.41, 5.74) is 0.159. The van der Waals surface area contributed by atoms with Crippen LogP contribution in [0.5, 0.6) is 5.88 Å². The number of halogens is 1. The van der Waals surface area contributed by atoms with Crippen molar-refractivity contribution in [1.29, 1.82) is 5.26 Å². The highest BCUT2D eigenvalue weighted by molar-refractivity contribution is 14.1. The van der Waals surface area contributed by atoms with E-state index in [2.05, 4.69) is 42.9 Å². The second-order valence-corrected chi connectivity index (χ2v) is 7.53. The molecule has 2 aromatic heterocycles. The van der Waals surface area contributed by atoms with Crippen LogP contribution in [0.25, 0.3) is 10.8 Å². The van der Waals surface area contributed by atoms with Gasteiger partial charge in [0.25, 0.3) is 5.88 Å². The second kappa shape index (κ2) is 8.45. The van der Waals surface area contributed by atoms with Gasteiger partial charge in [0.05, 0.1) is 6.20 Å². The molecule has 3 rings (SSSR count). The number of nitrogens with zero attached hydrogens (tertiary/aromatic N) is 5. The molecule has 0 radical (unpaired) electrons. The molecule has 27 heavy (non-hydrogen) atoms. The highest BCUT2D eigenvalue weighted by Gasteiger charge is 2.14. The van der Waals surface area contributed by atoms with Crippen LogP contribution >= 0.6 is 22.6 Å². The Morgan fingerprint density at radius 3 is 2.81 bits per heavy atom. The maximum Gasteiger partial charge on any atom is 0.253 e. The summed E-state index contributed by atoms with van der Waals surface area (Å²) in [5, 5.41) is 14.6. The molecule has 0 aliphatic carbocycles. The van der Waals surface area contributed by atoms with Crippen LogP contribution in [0.4, 0.5) is 11.6 Å². The van der Waals surface area contributed by atoms with Gasteiger partial charge in [0.2, 0.25) is 5.69 Å². The number of aromatic nitrogens is 3. The third-order valence-corrected chi connectivity index (χ3v) is 4.69. The minimum Gasteiger partial charge on any atom is -0.471 e. The number of nitrogens with one attached hydrogen (secondary N) is 1. The predicted molar refractivity (Wildman–Crippen MR) is 113 cm³/mol. The van der Waals surface area contributed by atoms with E-state index in [1.54, 1.807) is 0 Å². The number of pyridine rings is 1. The first-order valence-corrected chi connectivity index (χ1v) is 9.44. The van der Waals surface area contributed by atoms with E-state index in [0.717, 1.165) is 14.3 Å². The molecule has 0 spiro atoms. The minimum atomic E-state index is -0.127. The maximum absolute atomic E-state index is 9.26. The van der Waals surface area contributed by atoms with E-state index in [9.17, 15) is 5.26 Å². The van der Waals surface area contributed by atoms with Gasteiger partial charge in [0.15, 0.2) is 5.82 Å². The predicted octanol–water partition coefficient (Wildman–Crippen LogP) is 3.57. The van der Waals surface area contributed by atoms with Crippen LogP contribution in [0.3, 0.4) is 0 Å². The van der Waals surface area contributed by atoms with Crippen molar-refractivity contribution in [3.05, 3.63) is 45.9 Å². The first kappa shape index (κ1) is 19.3. The quantitative estimate of drug-likeness (QED) is 0.547. The number of fused-ring (bicyclic) bond motifs is 1. The molecule has 138 valence electrons. The van der Waals surface area contributed by atoms with E-state index in [0.29, 0.717) is 18.2 Å². The average Bonchev–Trinajstić information content (AvgIpc) is 2.61. The Morgan fingerprint density at radius 2 is 2.07 bits per heavy atom. The average molecular weight is 474 g/mol. The molecule has 8 heteroatoms. The fourth-order valence-electron chi connectivity index (χ4n) is 2.67. The van der Waals surface area contributed by atoms with Crippen molar-refractivity contribution in [2.24, 2.45) is 0 Å². The van der Waals surface area contributed by atoms with Crippen molar-refractivity contribution in [2.75, 3.05) is 26.0 Å². The molecule has 1 N–H and O–H groups in total. The monoisotopic (exact) mass is 474 g/mol. The molecule has 0 saturated carbocycles. The Morgan fingerprint density at radius 1 is 1.26 bits per heavy atom. The molecule has 1 atom stereocenters. The SMILES string of the molecule is CC(CN(C)C)Oc1nc(Nc2cc3cccc(I)c3cn2)cnc1C#N. The lowest BCUT2D eigenvalue weighted by atomic mass is 10.2. The van der Waals surface area contributed by atoms with Crippen molar-refractivity contribution in [1.82, 2.24) is 19.9 Å². The first-order chi connectivity index (χ1) is 13.0. The van der Waals surface area contributed by atoms with Gasteiger partial charge in [-0.3, -0.25) is 0 Å². The minimum absolute atomic E-state index is 0.127. The lowest BCUT2D eigenvalue weighted by molar-refractivity contribution is 0.169. The van der Waals surface area contributed by atoms with Crippen molar-refractivity contribution in [3.8, 4) is 11.9 Å². The highest BCUT2D eigenvalue weighted by atomic mass is 127. The topological polar surface area (TPSA) is 87.0 Å². The Kier molecular flexibility index (Phi) is 6.03. The number of nitriles is 1. The van der Waals surface area contributed by atoms with E-state index < -0.39 is 0 Å². The van der Waals surface area contributed by atoms with Crippen LogP contribution in [-0.4, -0.2) is 46.6 Å². The molecule has 0 bridgehead atoms. The fourth-order valence-corrected chi connectivity index (χ4v) is 3.33. The van der Waals surface area contributed by atoms with Gasteiger partial charge >= 0.3 is 0 Å². The van der Waals surface area contributed by atoms with Crippen molar-refractivity contribution >= 4 is 45.0 Å². The molecule has 0 aliphatic rings. The molecule has 0 fully saturated rings. The molecule has 3 aromatic rings. The highest BCUT2D eigenvalue weighted by Crippen LogP contribution is 2.24. The van der Waals surface area contributed by atoms with E-state index in [1.165, 1.54) is 6.20 Å².